The van der Waals surface area contributed by atoms with E-state index in [1.54, 1.807) is 0 Å². The molecule has 0 fully saturated rings. The minimum absolute atomic E-state index is 0.289. The van der Waals surface area contributed by atoms with Crippen molar-refractivity contribution in [1.29, 1.82) is 5.26 Å². The minimum atomic E-state index is 0.289. The first-order valence-electron chi connectivity index (χ1n) is 6.14. The minimum Gasteiger partial charge on any atom is -0.436 e. The average Bonchev–Trinajstić information content (AvgIpc) is 2.49. The van der Waals surface area contributed by atoms with Crippen molar-refractivity contribution in [2.75, 3.05) is 7.11 Å². The van der Waals surface area contributed by atoms with E-state index in [4.69, 9.17) is 14.8 Å². The number of oxime groups is 1. The number of ether oxygens (including phenoxy) is 1. The maximum atomic E-state index is 8.88. The van der Waals surface area contributed by atoms with Gasteiger partial charge in [0.1, 0.15) is 12.9 Å². The van der Waals surface area contributed by atoms with E-state index in [1.165, 1.54) is 7.11 Å². The predicted molar refractivity (Wildman–Crippen MR) is 76.4 cm³/mol. The second kappa shape index (κ2) is 6.95. The predicted octanol–water partition coefficient (Wildman–Crippen LogP) is 3.14. The lowest BCUT2D eigenvalue weighted by Crippen LogP contribution is -2.13. The Morgan fingerprint density at radius 3 is 2.50 bits per heavy atom. The Balaban J connectivity index is 2.35. The molecule has 0 heterocycles. The molecule has 0 aliphatic heterocycles. The second-order valence-electron chi connectivity index (χ2n) is 3.99. The molecule has 2 aromatic carbocycles. The topological polar surface area (TPSA) is 54.6 Å². The van der Waals surface area contributed by atoms with Gasteiger partial charge in [-0.3, -0.25) is 0 Å². The van der Waals surface area contributed by atoms with Gasteiger partial charge in [0.25, 0.3) is 5.90 Å². The van der Waals surface area contributed by atoms with Crippen LogP contribution in [0.1, 0.15) is 11.1 Å². The van der Waals surface area contributed by atoms with Gasteiger partial charge < -0.3 is 9.57 Å². The third kappa shape index (κ3) is 3.36. The zero-order valence-electron chi connectivity index (χ0n) is 11.1. The highest BCUT2D eigenvalue weighted by atomic mass is 16.6. The maximum absolute atomic E-state index is 8.88. The Bertz CT molecular complexity index is 630. The number of para-hydroxylation sites is 1. The molecular formula is C16H14N2O2. The number of nitrogens with zero attached hydrogens (tertiary/aromatic N) is 2. The Morgan fingerprint density at radius 1 is 1.10 bits per heavy atom. The van der Waals surface area contributed by atoms with Crippen LogP contribution in [0.25, 0.3) is 0 Å². The fraction of sp³-hybridized carbons (Fsp3) is 0.125. The monoisotopic (exact) mass is 266 g/mol. The number of hydrogen-bond donors (Lipinski definition) is 0. The van der Waals surface area contributed by atoms with Crippen LogP contribution >= 0.6 is 0 Å². The summed E-state index contributed by atoms with van der Waals surface area (Å²) in [6.45, 7) is 0. The zero-order valence-corrected chi connectivity index (χ0v) is 11.1. The highest BCUT2D eigenvalue weighted by molar-refractivity contribution is 5.96. The second-order valence-corrected chi connectivity index (χ2v) is 3.99. The lowest BCUT2D eigenvalue weighted by molar-refractivity contribution is 0.206. The summed E-state index contributed by atoms with van der Waals surface area (Å²) in [6.07, 6.45) is 0.289. The van der Waals surface area contributed by atoms with Gasteiger partial charge in [-0.1, -0.05) is 36.4 Å². The number of rotatable bonds is 4. The molecule has 4 nitrogen and oxygen atoms in total. The molecule has 0 aromatic heterocycles. The van der Waals surface area contributed by atoms with E-state index in [-0.39, 0.29) is 6.42 Å². The standard InChI is InChI=1S/C16H14N2O2/c1-19-18-16(20-14-8-3-2-4-9-14)15-10-6-5-7-13(15)11-12-17/h2-10H,11H2,1H3. The van der Waals surface area contributed by atoms with E-state index < -0.39 is 0 Å². The van der Waals surface area contributed by atoms with Gasteiger partial charge in [-0.05, 0) is 28.9 Å². The summed E-state index contributed by atoms with van der Waals surface area (Å²) in [5.41, 5.74) is 1.60. The van der Waals surface area contributed by atoms with Crippen molar-refractivity contribution in [3.05, 3.63) is 65.7 Å². The van der Waals surface area contributed by atoms with Crippen LogP contribution in [-0.2, 0) is 11.3 Å². The first kappa shape index (κ1) is 13.6. The summed E-state index contributed by atoms with van der Waals surface area (Å²) in [4.78, 5) is 4.84. The lowest BCUT2D eigenvalue weighted by atomic mass is 10.1. The van der Waals surface area contributed by atoms with Gasteiger partial charge in [0.15, 0.2) is 0 Å². The maximum Gasteiger partial charge on any atom is 0.263 e. The molecule has 100 valence electrons. The molecule has 20 heavy (non-hydrogen) atoms. The molecule has 0 bridgehead atoms. The van der Waals surface area contributed by atoms with Crippen molar-refractivity contribution in [3.63, 3.8) is 0 Å². The molecule has 0 N–H and O–H groups in total. The van der Waals surface area contributed by atoms with E-state index in [0.29, 0.717) is 11.6 Å². The molecule has 0 atom stereocenters. The van der Waals surface area contributed by atoms with Crippen LogP contribution in [0.2, 0.25) is 0 Å². The molecule has 0 aliphatic rings. The smallest absolute Gasteiger partial charge is 0.263 e. The SMILES string of the molecule is CON=C(Oc1ccccc1)c1ccccc1CC#N. The third-order valence-corrected chi connectivity index (χ3v) is 2.65. The molecule has 0 radical (unpaired) electrons. The third-order valence-electron chi connectivity index (χ3n) is 2.65. The van der Waals surface area contributed by atoms with Gasteiger partial charge in [0, 0.05) is 5.56 Å². The van der Waals surface area contributed by atoms with Gasteiger partial charge in [-0.15, -0.1) is 0 Å². The zero-order chi connectivity index (χ0) is 14.2. The fourth-order valence-corrected chi connectivity index (χ4v) is 1.77. The highest BCUT2D eigenvalue weighted by Crippen LogP contribution is 2.16. The molecule has 0 spiro atoms. The van der Waals surface area contributed by atoms with E-state index >= 15 is 0 Å². The summed E-state index contributed by atoms with van der Waals surface area (Å²) >= 11 is 0. The summed E-state index contributed by atoms with van der Waals surface area (Å²) in [5.74, 6) is 1.000. The quantitative estimate of drug-likeness (QED) is 0.485. The molecule has 2 rings (SSSR count). The fourth-order valence-electron chi connectivity index (χ4n) is 1.77. The van der Waals surface area contributed by atoms with Gasteiger partial charge >= 0.3 is 0 Å². The van der Waals surface area contributed by atoms with Crippen LogP contribution in [0.4, 0.5) is 0 Å². The van der Waals surface area contributed by atoms with Crippen molar-refractivity contribution in [2.24, 2.45) is 5.16 Å². The number of nitriles is 1. The van der Waals surface area contributed by atoms with Gasteiger partial charge in [-0.25, -0.2) is 0 Å². The first-order chi connectivity index (χ1) is 9.85. The van der Waals surface area contributed by atoms with Crippen LogP contribution in [0, 0.1) is 11.3 Å². The Kier molecular flexibility index (Phi) is 4.74. The lowest BCUT2D eigenvalue weighted by Gasteiger charge is -2.11. The summed E-state index contributed by atoms with van der Waals surface area (Å²) in [5, 5.41) is 12.8. The van der Waals surface area contributed by atoms with E-state index in [1.807, 2.05) is 54.6 Å². The Hall–Kier alpha value is -2.80. The average molecular weight is 266 g/mol. The Labute approximate surface area is 117 Å². The van der Waals surface area contributed by atoms with Crippen molar-refractivity contribution in [2.45, 2.75) is 6.42 Å². The van der Waals surface area contributed by atoms with Crippen molar-refractivity contribution >= 4 is 5.90 Å². The van der Waals surface area contributed by atoms with E-state index in [2.05, 4.69) is 11.2 Å². The van der Waals surface area contributed by atoms with E-state index in [9.17, 15) is 0 Å². The van der Waals surface area contributed by atoms with Gasteiger partial charge in [0.2, 0.25) is 0 Å². The molecular weight excluding hydrogens is 252 g/mol. The number of hydrogen-bond acceptors (Lipinski definition) is 4. The molecule has 0 saturated carbocycles. The van der Waals surface area contributed by atoms with Crippen molar-refractivity contribution in [1.82, 2.24) is 0 Å². The van der Waals surface area contributed by atoms with Crippen LogP contribution in [0.5, 0.6) is 5.75 Å². The molecule has 0 unspecified atom stereocenters. The van der Waals surface area contributed by atoms with Crippen LogP contribution in [0.15, 0.2) is 59.8 Å². The summed E-state index contributed by atoms with van der Waals surface area (Å²) in [7, 11) is 1.46. The van der Waals surface area contributed by atoms with E-state index in [0.717, 1.165) is 11.1 Å². The normalized spacial score (nSPS) is 10.7. The molecule has 4 heteroatoms. The van der Waals surface area contributed by atoms with Crippen molar-refractivity contribution in [3.8, 4) is 11.8 Å². The van der Waals surface area contributed by atoms with Crippen LogP contribution in [0.3, 0.4) is 0 Å². The summed E-state index contributed by atoms with van der Waals surface area (Å²) in [6, 6.07) is 18.9. The van der Waals surface area contributed by atoms with Gasteiger partial charge in [0.05, 0.1) is 12.5 Å². The number of benzene rings is 2. The van der Waals surface area contributed by atoms with Gasteiger partial charge in [-0.2, -0.15) is 5.26 Å². The molecule has 0 amide bonds. The largest absolute Gasteiger partial charge is 0.436 e. The van der Waals surface area contributed by atoms with Crippen LogP contribution < -0.4 is 4.74 Å². The molecule has 0 saturated heterocycles. The Morgan fingerprint density at radius 2 is 1.80 bits per heavy atom. The molecule has 2 aromatic rings. The van der Waals surface area contributed by atoms with Crippen molar-refractivity contribution < 1.29 is 9.57 Å². The summed E-state index contributed by atoms with van der Waals surface area (Å²) < 4.78 is 5.74. The first-order valence-corrected chi connectivity index (χ1v) is 6.14. The molecule has 0 aliphatic carbocycles. The highest BCUT2D eigenvalue weighted by Gasteiger charge is 2.12. The van der Waals surface area contributed by atoms with Crippen LogP contribution in [-0.4, -0.2) is 13.0 Å².